The van der Waals surface area contributed by atoms with E-state index in [4.69, 9.17) is 16.3 Å². The molecule has 0 bridgehead atoms. The number of aliphatic hydroxyl groups is 1. The number of carbonyl (C=O) groups excluding carboxylic acids is 1. The van der Waals surface area contributed by atoms with Gasteiger partial charge in [-0.2, -0.15) is 0 Å². The Morgan fingerprint density at radius 3 is 2.68 bits per heavy atom. The summed E-state index contributed by atoms with van der Waals surface area (Å²) in [4.78, 5) is 26.8. The van der Waals surface area contributed by atoms with Crippen molar-refractivity contribution in [2.45, 2.75) is 32.6 Å². The van der Waals surface area contributed by atoms with Gasteiger partial charge in [0, 0.05) is 17.8 Å². The first-order valence-electron chi connectivity index (χ1n) is 10.4. The number of ether oxygens (including phenoxy) is 1. The maximum absolute atomic E-state index is 13.8. The van der Waals surface area contributed by atoms with Crippen LogP contribution in [0.25, 0.3) is 0 Å². The molecular weight excluding hydrogens is 468 g/mol. The summed E-state index contributed by atoms with van der Waals surface area (Å²) < 4.78 is 33.7. The topological polar surface area (TPSA) is 83.8 Å². The number of fused-ring (bicyclic) bond motifs is 1. The Labute approximate surface area is 199 Å². The van der Waals surface area contributed by atoms with Crippen LogP contribution in [0, 0.1) is 11.6 Å². The number of carbonyl (C=O) groups is 1. The molecule has 7 nitrogen and oxygen atoms in total. The van der Waals surface area contributed by atoms with Crippen LogP contribution >= 0.6 is 11.6 Å². The van der Waals surface area contributed by atoms with Gasteiger partial charge in [-0.25, -0.2) is 8.78 Å². The number of halogens is 3. The molecule has 2 heterocycles. The lowest BCUT2D eigenvalue weighted by atomic mass is 10.1. The lowest BCUT2D eigenvalue weighted by Crippen LogP contribution is -2.45. The van der Waals surface area contributed by atoms with Crippen LogP contribution in [0.1, 0.15) is 25.0 Å². The highest BCUT2D eigenvalue weighted by atomic mass is 35.5. The number of benzene rings is 2. The highest BCUT2D eigenvalue weighted by Gasteiger charge is 2.34. The number of amides is 1. The summed E-state index contributed by atoms with van der Waals surface area (Å²) in [5, 5.41) is 13.0. The molecule has 1 amide bonds. The molecular formula is C24H22ClF2N3O4. The van der Waals surface area contributed by atoms with Crippen molar-refractivity contribution in [2.75, 3.05) is 16.9 Å². The van der Waals surface area contributed by atoms with Crippen LogP contribution in [0.15, 0.2) is 53.5 Å². The Hall–Kier alpha value is -3.43. The summed E-state index contributed by atoms with van der Waals surface area (Å²) in [6, 6.07) is 9.99. The fourth-order valence-corrected chi connectivity index (χ4v) is 3.79. The number of anilines is 2. The monoisotopic (exact) mass is 489 g/mol. The van der Waals surface area contributed by atoms with Gasteiger partial charge >= 0.3 is 0 Å². The maximum Gasteiger partial charge on any atom is 0.273 e. The minimum absolute atomic E-state index is 0.0757. The highest BCUT2D eigenvalue weighted by Crippen LogP contribution is 2.34. The fourth-order valence-electron chi connectivity index (χ4n) is 3.57. The first kappa shape index (κ1) is 23.7. The normalized spacial score (nSPS) is 12.9. The molecule has 34 heavy (non-hydrogen) atoms. The third-order valence-electron chi connectivity index (χ3n) is 5.37. The molecule has 4 rings (SSSR count). The number of aromatic nitrogens is 1. The Balaban J connectivity index is 1.52. The predicted octanol–water partition coefficient (Wildman–Crippen LogP) is 3.89. The lowest BCUT2D eigenvalue weighted by Gasteiger charge is -2.24. The molecule has 1 aromatic heterocycles. The van der Waals surface area contributed by atoms with Crippen molar-refractivity contribution in [1.29, 1.82) is 0 Å². The van der Waals surface area contributed by atoms with Gasteiger partial charge in [-0.1, -0.05) is 17.7 Å². The van der Waals surface area contributed by atoms with Gasteiger partial charge in [0.15, 0.2) is 0 Å². The molecule has 10 heteroatoms. The molecule has 0 unspecified atom stereocenters. The van der Waals surface area contributed by atoms with E-state index in [1.165, 1.54) is 41.6 Å². The average molecular weight is 490 g/mol. The molecule has 0 radical (unpaired) electrons. The standard InChI is InChI=1S/C24H22ClF2N3O4/c1-24(2,33)23(32)30-13-28-18-6-3-14(9-19(18)30)11-29-8-7-20(21(25)22(29)31)34-12-15-4-5-16(26)10-17(15)27/h3-10,28,33H,11-13H2,1-2H3. The first-order chi connectivity index (χ1) is 16.0. The van der Waals surface area contributed by atoms with Gasteiger partial charge in [-0.15, -0.1) is 0 Å². The Morgan fingerprint density at radius 1 is 1.21 bits per heavy atom. The third kappa shape index (κ3) is 4.76. The van der Waals surface area contributed by atoms with E-state index in [1.54, 1.807) is 12.1 Å². The van der Waals surface area contributed by atoms with E-state index in [1.807, 2.05) is 6.07 Å². The van der Waals surface area contributed by atoms with Crippen molar-refractivity contribution >= 4 is 28.9 Å². The smallest absolute Gasteiger partial charge is 0.273 e. The summed E-state index contributed by atoms with van der Waals surface area (Å²) in [7, 11) is 0. The van der Waals surface area contributed by atoms with Crippen molar-refractivity contribution in [3.63, 3.8) is 0 Å². The van der Waals surface area contributed by atoms with Crippen molar-refractivity contribution in [2.24, 2.45) is 0 Å². The van der Waals surface area contributed by atoms with E-state index in [2.05, 4.69) is 5.32 Å². The van der Waals surface area contributed by atoms with Crippen molar-refractivity contribution in [1.82, 2.24) is 4.57 Å². The predicted molar refractivity (Wildman–Crippen MR) is 124 cm³/mol. The molecule has 0 saturated heterocycles. The van der Waals surface area contributed by atoms with Gasteiger partial charge in [0.1, 0.15) is 34.6 Å². The Morgan fingerprint density at radius 2 is 1.97 bits per heavy atom. The zero-order valence-corrected chi connectivity index (χ0v) is 19.2. The number of pyridine rings is 1. The highest BCUT2D eigenvalue weighted by molar-refractivity contribution is 6.31. The molecule has 0 aliphatic carbocycles. The second-order valence-electron chi connectivity index (χ2n) is 8.43. The van der Waals surface area contributed by atoms with Gasteiger partial charge < -0.3 is 19.7 Å². The minimum Gasteiger partial charge on any atom is -0.487 e. The largest absolute Gasteiger partial charge is 0.487 e. The van der Waals surface area contributed by atoms with Crippen LogP contribution in [-0.2, 0) is 17.9 Å². The van der Waals surface area contributed by atoms with Crippen LogP contribution < -0.4 is 20.5 Å². The SMILES string of the molecule is CC(C)(O)C(=O)N1CNc2ccc(Cn3ccc(OCc4ccc(F)cc4F)c(Cl)c3=O)cc21. The summed E-state index contributed by atoms with van der Waals surface area (Å²) in [6.45, 7) is 3.02. The van der Waals surface area contributed by atoms with E-state index < -0.39 is 28.7 Å². The van der Waals surface area contributed by atoms with Crippen LogP contribution in [0.4, 0.5) is 20.2 Å². The number of rotatable bonds is 6. The molecule has 3 aromatic rings. The fraction of sp³-hybridized carbons (Fsp3) is 0.250. The lowest BCUT2D eigenvalue weighted by molar-refractivity contribution is -0.133. The van der Waals surface area contributed by atoms with Gasteiger partial charge in [-0.05, 0) is 49.7 Å². The molecule has 0 spiro atoms. The van der Waals surface area contributed by atoms with E-state index in [0.29, 0.717) is 5.69 Å². The second-order valence-corrected chi connectivity index (χ2v) is 8.81. The molecule has 178 valence electrons. The number of hydrogen-bond acceptors (Lipinski definition) is 5. The number of nitrogens with one attached hydrogen (secondary N) is 1. The third-order valence-corrected chi connectivity index (χ3v) is 5.72. The maximum atomic E-state index is 13.8. The first-order valence-corrected chi connectivity index (χ1v) is 10.8. The van der Waals surface area contributed by atoms with Crippen LogP contribution in [0.2, 0.25) is 5.02 Å². The van der Waals surface area contributed by atoms with Crippen LogP contribution in [0.3, 0.4) is 0 Å². The van der Waals surface area contributed by atoms with Crippen molar-refractivity contribution in [3.05, 3.63) is 86.8 Å². The zero-order chi connectivity index (χ0) is 24.6. The minimum atomic E-state index is -1.53. The molecule has 1 aliphatic rings. The van der Waals surface area contributed by atoms with Gasteiger partial charge in [0.25, 0.3) is 11.5 Å². The van der Waals surface area contributed by atoms with E-state index in [0.717, 1.165) is 23.4 Å². The van der Waals surface area contributed by atoms with Gasteiger partial charge in [0.2, 0.25) is 0 Å². The van der Waals surface area contributed by atoms with E-state index >= 15 is 0 Å². The molecule has 0 saturated carbocycles. The van der Waals surface area contributed by atoms with Crippen molar-refractivity contribution in [3.8, 4) is 5.75 Å². The molecule has 2 N–H and O–H groups in total. The quantitative estimate of drug-likeness (QED) is 0.549. The number of hydrogen-bond donors (Lipinski definition) is 2. The van der Waals surface area contributed by atoms with Crippen LogP contribution in [-0.4, -0.2) is 27.9 Å². The summed E-state index contributed by atoms with van der Waals surface area (Å²) in [6.07, 6.45) is 1.50. The molecule has 1 aliphatic heterocycles. The van der Waals surface area contributed by atoms with E-state index in [9.17, 15) is 23.5 Å². The number of nitrogens with zero attached hydrogens (tertiary/aromatic N) is 2. The van der Waals surface area contributed by atoms with Crippen molar-refractivity contribution < 1.29 is 23.4 Å². The molecule has 0 fully saturated rings. The second kappa shape index (κ2) is 9.08. The van der Waals surface area contributed by atoms with E-state index in [-0.39, 0.29) is 36.2 Å². The summed E-state index contributed by atoms with van der Waals surface area (Å²) >= 11 is 6.20. The van der Waals surface area contributed by atoms with Gasteiger partial charge in [0.05, 0.1) is 24.6 Å². The Kier molecular flexibility index (Phi) is 6.33. The molecule has 0 atom stereocenters. The van der Waals surface area contributed by atoms with Crippen LogP contribution in [0.5, 0.6) is 5.75 Å². The summed E-state index contributed by atoms with van der Waals surface area (Å²) in [5.74, 6) is -1.83. The zero-order valence-electron chi connectivity index (χ0n) is 18.4. The Bertz CT molecular complexity index is 1320. The van der Waals surface area contributed by atoms with Gasteiger partial charge in [-0.3, -0.25) is 14.5 Å². The molecule has 2 aromatic carbocycles. The average Bonchev–Trinajstić information content (AvgIpc) is 3.19. The summed E-state index contributed by atoms with van der Waals surface area (Å²) in [5.41, 5.74) is 0.154.